The number of nitrogens with two attached hydrogens (primary N) is 1. The Morgan fingerprint density at radius 2 is 2.44 bits per heavy atom. The SMILES string of the molecule is CC(N)c1nc(C(=O)NCCS(C)=O)cs1. The van der Waals surface area contributed by atoms with Gasteiger partial charge in [0.05, 0.1) is 6.04 Å². The highest BCUT2D eigenvalue weighted by Crippen LogP contribution is 2.15. The molecule has 3 N–H and O–H groups in total. The highest BCUT2D eigenvalue weighted by molar-refractivity contribution is 7.84. The summed E-state index contributed by atoms with van der Waals surface area (Å²) in [6, 6.07) is -0.158. The van der Waals surface area contributed by atoms with E-state index in [9.17, 15) is 9.00 Å². The third-order valence-corrected chi connectivity index (χ3v) is 3.64. The zero-order valence-electron chi connectivity index (χ0n) is 9.23. The minimum absolute atomic E-state index is 0.158. The lowest BCUT2D eigenvalue weighted by molar-refractivity contribution is 0.0951. The fourth-order valence-electron chi connectivity index (χ4n) is 1.000. The molecule has 0 saturated heterocycles. The van der Waals surface area contributed by atoms with Crippen molar-refractivity contribution in [3.8, 4) is 0 Å². The summed E-state index contributed by atoms with van der Waals surface area (Å²) in [7, 11) is -0.893. The van der Waals surface area contributed by atoms with Gasteiger partial charge in [-0.1, -0.05) is 0 Å². The maximum absolute atomic E-state index is 11.6. The van der Waals surface area contributed by atoms with Crippen LogP contribution in [-0.4, -0.2) is 33.7 Å². The highest BCUT2D eigenvalue weighted by atomic mass is 32.2. The van der Waals surface area contributed by atoms with Gasteiger partial charge < -0.3 is 11.1 Å². The van der Waals surface area contributed by atoms with Gasteiger partial charge in [0, 0.05) is 34.7 Å². The van der Waals surface area contributed by atoms with E-state index < -0.39 is 10.8 Å². The number of hydrogen-bond donors (Lipinski definition) is 2. The normalized spacial score (nSPS) is 14.4. The first-order valence-corrected chi connectivity index (χ1v) is 7.40. The molecule has 0 radical (unpaired) electrons. The van der Waals surface area contributed by atoms with E-state index >= 15 is 0 Å². The molecule has 7 heteroatoms. The summed E-state index contributed by atoms with van der Waals surface area (Å²) in [4.78, 5) is 15.7. The first kappa shape index (κ1) is 13.3. The molecule has 0 aromatic carbocycles. The Hall–Kier alpha value is -0.790. The number of amides is 1. The average Bonchev–Trinajstić information content (AvgIpc) is 2.65. The van der Waals surface area contributed by atoms with Crippen molar-refractivity contribution in [1.82, 2.24) is 10.3 Å². The first-order chi connectivity index (χ1) is 7.50. The lowest BCUT2D eigenvalue weighted by Crippen LogP contribution is -2.27. The Morgan fingerprint density at radius 1 is 1.75 bits per heavy atom. The van der Waals surface area contributed by atoms with Crippen LogP contribution in [-0.2, 0) is 10.8 Å². The van der Waals surface area contributed by atoms with Gasteiger partial charge >= 0.3 is 0 Å². The molecule has 1 rings (SSSR count). The van der Waals surface area contributed by atoms with Crippen LogP contribution in [0.2, 0.25) is 0 Å². The van der Waals surface area contributed by atoms with E-state index in [-0.39, 0.29) is 11.9 Å². The summed E-state index contributed by atoms with van der Waals surface area (Å²) in [5.74, 6) is 0.212. The largest absolute Gasteiger partial charge is 0.350 e. The molecular formula is C9H15N3O2S2. The molecule has 16 heavy (non-hydrogen) atoms. The van der Waals surface area contributed by atoms with Gasteiger partial charge in [-0.15, -0.1) is 11.3 Å². The Bertz CT molecular complexity index is 390. The molecule has 0 aliphatic rings. The number of carbonyl (C=O) groups excluding carboxylic acids is 1. The molecule has 0 aliphatic carbocycles. The summed E-state index contributed by atoms with van der Waals surface area (Å²) < 4.78 is 10.8. The molecule has 1 heterocycles. The predicted molar refractivity (Wildman–Crippen MR) is 66.0 cm³/mol. The first-order valence-electron chi connectivity index (χ1n) is 4.80. The van der Waals surface area contributed by atoms with Crippen LogP contribution in [0.15, 0.2) is 5.38 Å². The van der Waals surface area contributed by atoms with Crippen molar-refractivity contribution in [2.75, 3.05) is 18.6 Å². The number of aromatic nitrogens is 1. The third-order valence-electron chi connectivity index (χ3n) is 1.82. The van der Waals surface area contributed by atoms with Crippen LogP contribution in [0.1, 0.15) is 28.5 Å². The van der Waals surface area contributed by atoms with Crippen LogP contribution in [0.5, 0.6) is 0 Å². The van der Waals surface area contributed by atoms with E-state index in [1.807, 2.05) is 6.92 Å². The zero-order chi connectivity index (χ0) is 12.1. The van der Waals surface area contributed by atoms with Crippen molar-refractivity contribution in [1.29, 1.82) is 0 Å². The van der Waals surface area contributed by atoms with Gasteiger partial charge in [0.2, 0.25) is 0 Å². The van der Waals surface area contributed by atoms with Crippen molar-refractivity contribution < 1.29 is 9.00 Å². The molecule has 0 bridgehead atoms. The lowest BCUT2D eigenvalue weighted by atomic mass is 10.4. The van der Waals surface area contributed by atoms with Gasteiger partial charge in [-0.2, -0.15) is 0 Å². The quantitative estimate of drug-likeness (QED) is 0.797. The number of carbonyl (C=O) groups is 1. The van der Waals surface area contributed by atoms with Crippen LogP contribution >= 0.6 is 11.3 Å². The van der Waals surface area contributed by atoms with E-state index in [1.165, 1.54) is 11.3 Å². The minimum Gasteiger partial charge on any atom is -0.350 e. The number of rotatable bonds is 5. The minimum atomic E-state index is -0.893. The molecule has 1 aromatic heterocycles. The highest BCUT2D eigenvalue weighted by Gasteiger charge is 2.12. The van der Waals surface area contributed by atoms with Crippen molar-refractivity contribution in [2.45, 2.75) is 13.0 Å². The molecule has 0 spiro atoms. The molecule has 1 aromatic rings. The van der Waals surface area contributed by atoms with Crippen molar-refractivity contribution in [2.24, 2.45) is 5.73 Å². The Balaban J connectivity index is 2.49. The van der Waals surface area contributed by atoms with Crippen LogP contribution in [0.3, 0.4) is 0 Å². The van der Waals surface area contributed by atoms with Crippen LogP contribution < -0.4 is 11.1 Å². The van der Waals surface area contributed by atoms with E-state index in [0.717, 1.165) is 5.01 Å². The Kier molecular flexibility index (Phi) is 5.04. The second kappa shape index (κ2) is 6.07. The summed E-state index contributed by atoms with van der Waals surface area (Å²) >= 11 is 1.37. The molecule has 5 nitrogen and oxygen atoms in total. The monoisotopic (exact) mass is 261 g/mol. The smallest absolute Gasteiger partial charge is 0.270 e. The van der Waals surface area contributed by atoms with Crippen LogP contribution in [0.25, 0.3) is 0 Å². The molecule has 90 valence electrons. The molecule has 1 amide bonds. The lowest BCUT2D eigenvalue weighted by Gasteiger charge is -2.01. The standard InChI is InChI=1S/C9H15N3O2S2/c1-6(10)9-12-7(5-15-9)8(13)11-3-4-16(2)14/h5-6H,3-4,10H2,1-2H3,(H,11,13). The van der Waals surface area contributed by atoms with Gasteiger partial charge in [-0.05, 0) is 6.92 Å². The summed E-state index contributed by atoms with van der Waals surface area (Å²) in [5.41, 5.74) is 6.02. The average molecular weight is 261 g/mol. The summed E-state index contributed by atoms with van der Waals surface area (Å²) in [5, 5.41) is 5.07. The summed E-state index contributed by atoms with van der Waals surface area (Å²) in [6.07, 6.45) is 1.60. The number of nitrogens with one attached hydrogen (secondary N) is 1. The number of thiazole rings is 1. The van der Waals surface area contributed by atoms with Crippen molar-refractivity contribution in [3.63, 3.8) is 0 Å². The van der Waals surface area contributed by atoms with Gasteiger partial charge in [0.25, 0.3) is 5.91 Å². The van der Waals surface area contributed by atoms with Gasteiger partial charge in [-0.25, -0.2) is 4.98 Å². The second-order valence-electron chi connectivity index (χ2n) is 3.39. The molecular weight excluding hydrogens is 246 g/mol. The van der Waals surface area contributed by atoms with Crippen LogP contribution in [0, 0.1) is 0 Å². The zero-order valence-corrected chi connectivity index (χ0v) is 10.9. The second-order valence-corrected chi connectivity index (χ2v) is 5.84. The Labute approximate surface area is 101 Å². The van der Waals surface area contributed by atoms with E-state index in [1.54, 1.807) is 11.6 Å². The molecule has 2 atom stereocenters. The molecule has 0 saturated carbocycles. The predicted octanol–water partition coefficient (Wildman–Crippen LogP) is 0.271. The maximum atomic E-state index is 11.6. The number of hydrogen-bond acceptors (Lipinski definition) is 5. The molecule has 2 unspecified atom stereocenters. The van der Waals surface area contributed by atoms with E-state index in [2.05, 4.69) is 10.3 Å². The Morgan fingerprint density at radius 3 is 2.94 bits per heavy atom. The molecule has 0 aliphatic heterocycles. The third kappa shape index (κ3) is 3.99. The van der Waals surface area contributed by atoms with E-state index in [0.29, 0.717) is 18.0 Å². The fourth-order valence-corrected chi connectivity index (χ4v) is 2.15. The van der Waals surface area contributed by atoms with Crippen molar-refractivity contribution >= 4 is 28.0 Å². The topological polar surface area (TPSA) is 85.1 Å². The maximum Gasteiger partial charge on any atom is 0.270 e. The number of nitrogens with zero attached hydrogens (tertiary/aromatic N) is 1. The fraction of sp³-hybridized carbons (Fsp3) is 0.556. The molecule has 0 fully saturated rings. The van der Waals surface area contributed by atoms with Gasteiger partial charge in [-0.3, -0.25) is 9.00 Å². The van der Waals surface area contributed by atoms with E-state index in [4.69, 9.17) is 5.73 Å². The van der Waals surface area contributed by atoms with Gasteiger partial charge in [0.1, 0.15) is 10.7 Å². The van der Waals surface area contributed by atoms with Crippen molar-refractivity contribution in [3.05, 3.63) is 16.1 Å². The van der Waals surface area contributed by atoms with Gasteiger partial charge in [0.15, 0.2) is 0 Å². The summed E-state index contributed by atoms with van der Waals surface area (Å²) in [6.45, 7) is 2.22. The van der Waals surface area contributed by atoms with Crippen LogP contribution in [0.4, 0.5) is 0 Å².